The highest BCUT2D eigenvalue weighted by Crippen LogP contribution is 2.01. The van der Waals surface area contributed by atoms with Crippen LogP contribution in [0.25, 0.3) is 0 Å². The lowest BCUT2D eigenvalue weighted by atomic mass is 10.2. The van der Waals surface area contributed by atoms with Gasteiger partial charge in [-0.25, -0.2) is 4.79 Å². The normalized spacial score (nSPS) is 11.6. The fraction of sp³-hybridized carbons (Fsp3) is 0.516. The van der Waals surface area contributed by atoms with E-state index >= 15 is 0 Å². The molecular formula is C31H46N2O9. The van der Waals surface area contributed by atoms with Gasteiger partial charge in [0.15, 0.2) is 0 Å². The molecule has 0 heterocycles. The average Bonchev–Trinajstić information content (AvgIpc) is 2.95. The van der Waals surface area contributed by atoms with Crippen LogP contribution in [0.2, 0.25) is 0 Å². The molecule has 0 fully saturated rings. The van der Waals surface area contributed by atoms with E-state index in [1.807, 2.05) is 6.08 Å². The maximum Gasteiger partial charge on any atom is 0.415 e. The average molecular weight is 591 g/mol. The zero-order valence-electron chi connectivity index (χ0n) is 24.6. The van der Waals surface area contributed by atoms with E-state index in [4.69, 9.17) is 9.84 Å². The van der Waals surface area contributed by atoms with Crippen molar-refractivity contribution in [2.24, 2.45) is 0 Å². The summed E-state index contributed by atoms with van der Waals surface area (Å²) in [6.07, 6.45) is 26.2. The molecule has 3 N–H and O–H groups in total. The Bertz CT molecular complexity index is 937. The number of carbonyl (C=O) groups excluding carboxylic acids is 4. The Morgan fingerprint density at radius 1 is 0.643 bits per heavy atom. The van der Waals surface area contributed by atoms with Crippen LogP contribution in [0.15, 0.2) is 60.8 Å². The first-order valence-corrected chi connectivity index (χ1v) is 14.4. The van der Waals surface area contributed by atoms with Gasteiger partial charge in [0.25, 0.3) is 0 Å². The smallest absolute Gasteiger partial charge is 0.415 e. The lowest BCUT2D eigenvalue weighted by Gasteiger charge is -2.07. The van der Waals surface area contributed by atoms with Gasteiger partial charge >= 0.3 is 30.0 Å². The molecule has 0 spiro atoms. The highest BCUT2D eigenvalue weighted by atomic mass is 16.7. The standard InChI is InChI=1S/C31H46N2O9/c1-2-3-4-5-6-7-8-9-10-11-12-13-14-15-16-17-18-21-28(36)40-26-25-32-31(39)41-29(37)22-23-30(38)42-33-24-19-20-27(34)35/h3-4,6-7,9-10,12-13,15-16,33H,2,5,8,11,14,17-26H2,1H3,(H,32,39)(H,34,35)/b4-3-,7-6-,10-9-,13-12-,16-15-. The van der Waals surface area contributed by atoms with Crippen molar-refractivity contribution in [3.05, 3.63) is 60.8 Å². The molecule has 0 bridgehead atoms. The highest BCUT2D eigenvalue weighted by molar-refractivity contribution is 5.86. The van der Waals surface area contributed by atoms with Crippen LogP contribution in [-0.4, -0.2) is 54.8 Å². The second-order valence-electron chi connectivity index (χ2n) is 8.87. The number of aliphatic carboxylic acids is 1. The van der Waals surface area contributed by atoms with E-state index < -0.39 is 24.0 Å². The number of hydroxylamine groups is 1. The fourth-order valence-electron chi connectivity index (χ4n) is 3.01. The van der Waals surface area contributed by atoms with Gasteiger partial charge < -0.3 is 24.7 Å². The van der Waals surface area contributed by atoms with Crippen LogP contribution in [-0.2, 0) is 33.5 Å². The molecule has 234 valence electrons. The van der Waals surface area contributed by atoms with Gasteiger partial charge in [-0.05, 0) is 51.4 Å². The number of rotatable bonds is 24. The molecule has 0 saturated heterocycles. The Kier molecular flexibility index (Phi) is 25.8. The van der Waals surface area contributed by atoms with Crippen molar-refractivity contribution in [3.8, 4) is 0 Å². The number of allylic oxidation sites excluding steroid dienone is 10. The van der Waals surface area contributed by atoms with E-state index in [1.54, 1.807) is 0 Å². The number of esters is 2. The van der Waals surface area contributed by atoms with Gasteiger partial charge in [0.2, 0.25) is 0 Å². The SMILES string of the molecule is CC/C=C\C/C=C\C/C=C\C/C=C\C/C=C\CCCC(=O)OCCNC(=O)OC(=O)CCC(=O)ONCCCC(=O)O. The Hall–Kier alpha value is -3.99. The Balaban J connectivity index is 3.69. The minimum absolute atomic E-state index is 0.0328. The van der Waals surface area contributed by atoms with Gasteiger partial charge in [-0.15, -0.1) is 0 Å². The third-order valence-corrected chi connectivity index (χ3v) is 5.14. The summed E-state index contributed by atoms with van der Waals surface area (Å²) in [4.78, 5) is 61.4. The molecule has 0 rings (SSSR count). The number of carboxylic acid groups (broad SMARTS) is 1. The second kappa shape index (κ2) is 28.5. The molecule has 0 radical (unpaired) electrons. The van der Waals surface area contributed by atoms with Gasteiger partial charge in [0.1, 0.15) is 6.61 Å². The van der Waals surface area contributed by atoms with E-state index in [1.165, 1.54) is 0 Å². The van der Waals surface area contributed by atoms with Gasteiger partial charge in [0, 0.05) is 19.4 Å². The lowest BCUT2D eigenvalue weighted by molar-refractivity contribution is -0.153. The molecule has 0 saturated carbocycles. The Labute approximate surface area is 248 Å². The molecule has 1 amide bonds. The van der Waals surface area contributed by atoms with E-state index in [9.17, 15) is 24.0 Å². The molecule has 0 aromatic rings. The van der Waals surface area contributed by atoms with Crippen LogP contribution in [0.1, 0.15) is 84.0 Å². The monoisotopic (exact) mass is 590 g/mol. The first-order valence-electron chi connectivity index (χ1n) is 14.4. The summed E-state index contributed by atoms with van der Waals surface area (Å²) in [6, 6.07) is 0. The van der Waals surface area contributed by atoms with Crippen LogP contribution >= 0.6 is 0 Å². The van der Waals surface area contributed by atoms with E-state index in [2.05, 4.69) is 82.0 Å². The van der Waals surface area contributed by atoms with Crippen LogP contribution in [0.4, 0.5) is 4.79 Å². The van der Waals surface area contributed by atoms with Crippen molar-refractivity contribution in [1.29, 1.82) is 0 Å². The van der Waals surface area contributed by atoms with Crippen molar-refractivity contribution in [3.63, 3.8) is 0 Å². The molecule has 0 aliphatic heterocycles. The highest BCUT2D eigenvalue weighted by Gasteiger charge is 2.13. The number of alkyl carbamates (subject to hydrolysis) is 1. The van der Waals surface area contributed by atoms with Gasteiger partial charge in [-0.3, -0.25) is 19.2 Å². The van der Waals surface area contributed by atoms with Crippen molar-refractivity contribution in [2.75, 3.05) is 19.7 Å². The molecule has 0 atom stereocenters. The molecular weight excluding hydrogens is 544 g/mol. The maximum absolute atomic E-state index is 11.8. The summed E-state index contributed by atoms with van der Waals surface area (Å²) in [5.74, 6) is -3.03. The number of hydrogen-bond donors (Lipinski definition) is 3. The second-order valence-corrected chi connectivity index (χ2v) is 8.87. The Morgan fingerprint density at radius 3 is 1.81 bits per heavy atom. The summed E-state index contributed by atoms with van der Waals surface area (Å²) < 4.78 is 9.53. The van der Waals surface area contributed by atoms with Crippen molar-refractivity contribution < 1.29 is 43.4 Å². The number of carboxylic acids is 1. The molecule has 0 aliphatic carbocycles. The summed E-state index contributed by atoms with van der Waals surface area (Å²) in [5, 5.41) is 10.8. The van der Waals surface area contributed by atoms with Crippen molar-refractivity contribution >= 4 is 30.0 Å². The van der Waals surface area contributed by atoms with Crippen molar-refractivity contribution in [1.82, 2.24) is 10.8 Å². The maximum atomic E-state index is 11.8. The summed E-state index contributed by atoms with van der Waals surface area (Å²) >= 11 is 0. The van der Waals surface area contributed by atoms with Gasteiger partial charge in [-0.2, -0.15) is 5.48 Å². The minimum Gasteiger partial charge on any atom is -0.481 e. The molecule has 0 aliphatic rings. The first-order chi connectivity index (χ1) is 20.3. The predicted molar refractivity (Wildman–Crippen MR) is 159 cm³/mol. The number of unbranched alkanes of at least 4 members (excludes halogenated alkanes) is 1. The Morgan fingerprint density at radius 2 is 1.21 bits per heavy atom. The zero-order chi connectivity index (χ0) is 31.1. The number of hydrogen-bond acceptors (Lipinski definition) is 9. The van der Waals surface area contributed by atoms with Gasteiger partial charge in [0.05, 0.1) is 19.4 Å². The van der Waals surface area contributed by atoms with Crippen molar-refractivity contribution in [2.45, 2.75) is 84.0 Å². The quantitative estimate of drug-likeness (QED) is 0.0332. The minimum atomic E-state index is -1.02. The molecule has 11 heteroatoms. The molecule has 11 nitrogen and oxygen atoms in total. The van der Waals surface area contributed by atoms with Crippen LogP contribution in [0, 0.1) is 0 Å². The van der Waals surface area contributed by atoms with E-state index in [0.29, 0.717) is 6.42 Å². The summed E-state index contributed by atoms with van der Waals surface area (Å²) in [6.45, 7) is 2.18. The molecule has 0 aromatic carbocycles. The van der Waals surface area contributed by atoms with Crippen LogP contribution in [0.3, 0.4) is 0 Å². The third kappa shape index (κ3) is 29.0. The first kappa shape index (κ1) is 38.0. The summed E-state index contributed by atoms with van der Waals surface area (Å²) in [7, 11) is 0. The topological polar surface area (TPSA) is 157 Å². The zero-order valence-corrected chi connectivity index (χ0v) is 24.6. The molecule has 0 unspecified atom stereocenters. The number of carbonyl (C=O) groups is 5. The van der Waals surface area contributed by atoms with E-state index in [-0.39, 0.29) is 57.8 Å². The number of ether oxygens (including phenoxy) is 2. The summed E-state index contributed by atoms with van der Waals surface area (Å²) in [5.41, 5.74) is 2.29. The number of amides is 1. The van der Waals surface area contributed by atoms with E-state index in [0.717, 1.165) is 38.5 Å². The lowest BCUT2D eigenvalue weighted by Crippen LogP contribution is -2.30. The number of nitrogens with one attached hydrogen (secondary N) is 2. The fourth-order valence-corrected chi connectivity index (χ4v) is 3.01. The van der Waals surface area contributed by atoms with Crippen LogP contribution < -0.4 is 10.8 Å². The molecule has 42 heavy (non-hydrogen) atoms. The van der Waals surface area contributed by atoms with Crippen LogP contribution in [0.5, 0.6) is 0 Å². The third-order valence-electron chi connectivity index (χ3n) is 5.14. The largest absolute Gasteiger partial charge is 0.481 e. The van der Waals surface area contributed by atoms with Gasteiger partial charge in [-0.1, -0.05) is 67.7 Å². The molecule has 0 aromatic heterocycles. The predicted octanol–water partition coefficient (Wildman–Crippen LogP) is 5.40.